The van der Waals surface area contributed by atoms with Gasteiger partial charge in [0.2, 0.25) is 11.8 Å². The van der Waals surface area contributed by atoms with Crippen molar-refractivity contribution >= 4 is 0 Å². The number of oxazole rings is 1. The van der Waals surface area contributed by atoms with Crippen LogP contribution >= 0.6 is 0 Å². The van der Waals surface area contributed by atoms with Gasteiger partial charge in [0.25, 0.3) is 0 Å². The smallest absolute Gasteiger partial charge is 0.244 e. The molecule has 1 saturated heterocycles. The molecule has 0 saturated carbocycles. The van der Waals surface area contributed by atoms with E-state index in [-0.39, 0.29) is 12.1 Å². The molecule has 3 rings (SSSR count). The molecule has 0 bridgehead atoms. The normalized spacial score (nSPS) is 23.6. The van der Waals surface area contributed by atoms with Crippen molar-refractivity contribution in [3.05, 3.63) is 29.6 Å². The summed E-state index contributed by atoms with van der Waals surface area (Å²) >= 11 is 0. The summed E-state index contributed by atoms with van der Waals surface area (Å²) in [6.07, 6.45) is 2.71. The van der Waals surface area contributed by atoms with Crippen molar-refractivity contribution in [2.75, 3.05) is 13.7 Å². The summed E-state index contributed by atoms with van der Waals surface area (Å²) in [5.41, 5.74) is 0. The number of nitrogens with zero attached hydrogens (tertiary/aromatic N) is 4. The van der Waals surface area contributed by atoms with Crippen LogP contribution in [-0.2, 0) is 11.3 Å². The van der Waals surface area contributed by atoms with Gasteiger partial charge in [-0.2, -0.15) is 4.98 Å². The van der Waals surface area contributed by atoms with E-state index in [0.29, 0.717) is 24.2 Å². The summed E-state index contributed by atoms with van der Waals surface area (Å²) in [5, 5.41) is 3.87. The van der Waals surface area contributed by atoms with Gasteiger partial charge in [0.05, 0.1) is 24.9 Å². The molecule has 1 fully saturated rings. The van der Waals surface area contributed by atoms with E-state index in [4.69, 9.17) is 13.7 Å². The predicted octanol–water partition coefficient (Wildman–Crippen LogP) is 1.64. The van der Waals surface area contributed by atoms with E-state index in [0.717, 1.165) is 18.7 Å². The van der Waals surface area contributed by atoms with Crippen LogP contribution in [0.5, 0.6) is 0 Å². The number of methoxy groups -OCH3 is 1. The van der Waals surface area contributed by atoms with Gasteiger partial charge < -0.3 is 13.7 Å². The van der Waals surface area contributed by atoms with Gasteiger partial charge in [-0.25, -0.2) is 4.98 Å². The lowest BCUT2D eigenvalue weighted by Gasteiger charge is -2.19. The Balaban J connectivity index is 1.79. The van der Waals surface area contributed by atoms with Crippen LogP contribution in [-0.4, -0.2) is 39.8 Å². The maximum absolute atomic E-state index is 5.54. The minimum absolute atomic E-state index is 0.0494. The fraction of sp³-hybridized carbons (Fsp3) is 0.615. The van der Waals surface area contributed by atoms with Crippen LogP contribution in [0.4, 0.5) is 0 Å². The zero-order valence-corrected chi connectivity index (χ0v) is 11.9. The molecular weight excluding hydrogens is 260 g/mol. The highest BCUT2D eigenvalue weighted by Gasteiger charge is 2.37. The van der Waals surface area contributed by atoms with Crippen molar-refractivity contribution in [3.8, 4) is 0 Å². The average molecular weight is 278 g/mol. The monoisotopic (exact) mass is 278 g/mol. The van der Waals surface area contributed by atoms with Gasteiger partial charge >= 0.3 is 0 Å². The van der Waals surface area contributed by atoms with Gasteiger partial charge in [-0.1, -0.05) is 5.16 Å². The summed E-state index contributed by atoms with van der Waals surface area (Å²) in [4.78, 5) is 10.8. The van der Waals surface area contributed by atoms with Crippen molar-refractivity contribution in [2.24, 2.45) is 0 Å². The van der Waals surface area contributed by atoms with Crippen LogP contribution in [0.2, 0.25) is 0 Å². The Morgan fingerprint density at radius 2 is 2.30 bits per heavy atom. The predicted molar refractivity (Wildman–Crippen MR) is 68.8 cm³/mol. The van der Waals surface area contributed by atoms with Crippen LogP contribution in [0.25, 0.3) is 0 Å². The number of hydrogen-bond acceptors (Lipinski definition) is 7. The van der Waals surface area contributed by atoms with E-state index in [9.17, 15) is 0 Å². The van der Waals surface area contributed by atoms with Crippen molar-refractivity contribution in [2.45, 2.75) is 39.0 Å². The zero-order valence-electron chi connectivity index (χ0n) is 11.9. The van der Waals surface area contributed by atoms with Crippen LogP contribution in [0.15, 0.2) is 15.1 Å². The van der Waals surface area contributed by atoms with Gasteiger partial charge in [-0.3, -0.25) is 4.90 Å². The molecule has 7 heteroatoms. The molecule has 0 unspecified atom stereocenters. The number of aromatic nitrogens is 3. The first-order valence-corrected chi connectivity index (χ1v) is 6.64. The molecule has 0 aliphatic carbocycles. The highest BCUT2D eigenvalue weighted by Crippen LogP contribution is 2.33. The van der Waals surface area contributed by atoms with E-state index in [2.05, 4.69) is 20.0 Å². The number of ether oxygens (including phenoxy) is 1. The highest BCUT2D eigenvalue weighted by atomic mass is 16.5. The van der Waals surface area contributed by atoms with E-state index in [1.54, 1.807) is 13.3 Å². The Kier molecular flexibility index (Phi) is 3.54. The summed E-state index contributed by atoms with van der Waals surface area (Å²) < 4.78 is 16.3. The van der Waals surface area contributed by atoms with Gasteiger partial charge in [-0.15, -0.1) is 0 Å². The summed E-state index contributed by atoms with van der Waals surface area (Å²) in [5.74, 6) is 2.78. The second kappa shape index (κ2) is 5.34. The fourth-order valence-electron chi connectivity index (χ4n) is 2.56. The summed E-state index contributed by atoms with van der Waals surface area (Å²) in [6.45, 7) is 5.11. The molecule has 0 aromatic carbocycles. The molecule has 2 aromatic heterocycles. The summed E-state index contributed by atoms with van der Waals surface area (Å²) in [7, 11) is 1.72. The number of rotatable bonds is 4. The molecule has 108 valence electrons. The molecule has 2 atom stereocenters. The van der Waals surface area contributed by atoms with Crippen LogP contribution in [0.1, 0.15) is 35.8 Å². The number of likely N-dealkylation sites (tertiary alicyclic amines) is 1. The SMILES string of the molecule is CO[C@H]1C[C@H](c2nc(C)no2)N(Cc2ncc(C)o2)C1. The lowest BCUT2D eigenvalue weighted by molar-refractivity contribution is 0.105. The minimum Gasteiger partial charge on any atom is -0.445 e. The standard InChI is InChI=1S/C13H18N4O3/c1-8-5-14-12(19-8)7-17-6-10(18-3)4-11(17)13-15-9(2)16-20-13/h5,10-11H,4,6-7H2,1-3H3/t10-,11+/m0/s1. The topological polar surface area (TPSA) is 77.4 Å². The van der Waals surface area contributed by atoms with Crippen molar-refractivity contribution in [3.63, 3.8) is 0 Å². The van der Waals surface area contributed by atoms with Gasteiger partial charge in [0.1, 0.15) is 5.76 Å². The molecule has 1 aliphatic rings. The molecular formula is C13H18N4O3. The Labute approximate surface area is 116 Å². The molecule has 1 aliphatic heterocycles. The fourth-order valence-corrected chi connectivity index (χ4v) is 2.56. The first-order chi connectivity index (χ1) is 9.65. The molecule has 20 heavy (non-hydrogen) atoms. The van der Waals surface area contributed by atoms with Crippen LogP contribution in [0, 0.1) is 13.8 Å². The largest absolute Gasteiger partial charge is 0.445 e. The van der Waals surface area contributed by atoms with Crippen molar-refractivity contribution in [1.82, 2.24) is 20.0 Å². The van der Waals surface area contributed by atoms with Crippen molar-refractivity contribution < 1.29 is 13.7 Å². The van der Waals surface area contributed by atoms with Crippen molar-refractivity contribution in [1.29, 1.82) is 0 Å². The minimum atomic E-state index is 0.0494. The van der Waals surface area contributed by atoms with E-state index < -0.39 is 0 Å². The third-order valence-electron chi connectivity index (χ3n) is 3.53. The van der Waals surface area contributed by atoms with E-state index in [1.807, 2.05) is 13.8 Å². The molecule has 2 aromatic rings. The zero-order chi connectivity index (χ0) is 14.1. The first-order valence-electron chi connectivity index (χ1n) is 6.64. The number of aryl methyl sites for hydroxylation is 2. The van der Waals surface area contributed by atoms with Gasteiger partial charge in [0, 0.05) is 13.7 Å². The van der Waals surface area contributed by atoms with Crippen LogP contribution in [0.3, 0.4) is 0 Å². The lowest BCUT2D eigenvalue weighted by atomic mass is 10.2. The Hall–Kier alpha value is -1.73. The molecule has 0 N–H and O–H groups in total. The maximum atomic E-state index is 5.54. The third-order valence-corrected chi connectivity index (χ3v) is 3.53. The molecule has 7 nitrogen and oxygen atoms in total. The molecule has 3 heterocycles. The molecule has 0 amide bonds. The Bertz CT molecular complexity index is 580. The quantitative estimate of drug-likeness (QED) is 0.841. The Morgan fingerprint density at radius 1 is 1.45 bits per heavy atom. The highest BCUT2D eigenvalue weighted by molar-refractivity contribution is 5.00. The third kappa shape index (κ3) is 2.59. The second-order valence-corrected chi connectivity index (χ2v) is 5.08. The van der Waals surface area contributed by atoms with Gasteiger partial charge in [0.15, 0.2) is 5.82 Å². The Morgan fingerprint density at radius 3 is 2.90 bits per heavy atom. The van der Waals surface area contributed by atoms with E-state index >= 15 is 0 Å². The molecule has 0 radical (unpaired) electrons. The summed E-state index contributed by atoms with van der Waals surface area (Å²) in [6, 6.07) is 0.0494. The molecule has 0 spiro atoms. The van der Waals surface area contributed by atoms with Gasteiger partial charge in [-0.05, 0) is 20.3 Å². The lowest BCUT2D eigenvalue weighted by Crippen LogP contribution is -2.25. The maximum Gasteiger partial charge on any atom is 0.244 e. The van der Waals surface area contributed by atoms with Crippen LogP contribution < -0.4 is 0 Å². The van der Waals surface area contributed by atoms with E-state index in [1.165, 1.54) is 0 Å². The second-order valence-electron chi connectivity index (χ2n) is 5.08. The average Bonchev–Trinajstić information content (AvgIpc) is 3.11. The first kappa shape index (κ1) is 13.3. The number of hydrogen-bond donors (Lipinski definition) is 0.